The van der Waals surface area contributed by atoms with E-state index in [4.69, 9.17) is 18.2 Å². The molecule has 0 unspecified atom stereocenters. The molecule has 0 aromatic carbocycles. The van der Waals surface area contributed by atoms with Crippen molar-refractivity contribution in [2.45, 2.75) is 6.92 Å². The van der Waals surface area contributed by atoms with E-state index in [9.17, 15) is 4.79 Å². The molecule has 0 saturated carbocycles. The second-order valence-electron chi connectivity index (χ2n) is 5.27. The van der Waals surface area contributed by atoms with Gasteiger partial charge in [0.15, 0.2) is 18.0 Å². The van der Waals surface area contributed by atoms with Crippen LogP contribution in [0.15, 0.2) is 41.4 Å². The number of aryl methyl sites for hydroxylation is 1. The third-order valence-corrected chi connectivity index (χ3v) is 3.48. The number of aliphatic imine (C=N–C) groups is 1. The molecule has 0 saturated heterocycles. The zero-order valence-electron chi connectivity index (χ0n) is 16.6. The standard InChI is InChI=1S/C9H10N4O.C8H8ClN5.CH3.Os/c1-7-4-9(12-11-7)10-5-8(2)13(3)6-14;1-10-6-4-7(9)8(11-5-6)14-12-2-3-13-14;;/h2,4-6H,3H2,1H3,(H,11,12);2-5,10H,1H3;1H3;/q-2;;-1;. The van der Waals surface area contributed by atoms with Crippen LogP contribution in [-0.4, -0.2) is 54.7 Å². The number of hydrogen-bond acceptors (Lipinski definition) is 7. The Morgan fingerprint density at radius 2 is 2.07 bits per heavy atom. The normalized spacial score (nSPS) is 9.60. The van der Waals surface area contributed by atoms with E-state index in [1.54, 1.807) is 37.8 Å². The molecule has 0 aliphatic heterocycles. The van der Waals surface area contributed by atoms with E-state index in [0.717, 1.165) is 16.3 Å². The Morgan fingerprint density at radius 1 is 1.40 bits per heavy atom. The average Bonchev–Trinajstić information content (AvgIpc) is 3.37. The van der Waals surface area contributed by atoms with Gasteiger partial charge in [0, 0.05) is 38.6 Å². The van der Waals surface area contributed by atoms with Crippen LogP contribution in [0.3, 0.4) is 0 Å². The summed E-state index contributed by atoms with van der Waals surface area (Å²) in [7, 11) is 5.16. The predicted molar refractivity (Wildman–Crippen MR) is 113 cm³/mol. The first-order chi connectivity index (χ1) is 13.4. The molecule has 3 rings (SSSR count). The molecular formula is C18H21ClN9OOs-3. The van der Waals surface area contributed by atoms with Crippen LogP contribution >= 0.6 is 11.6 Å². The number of aromatic amines is 1. The Hall–Kier alpha value is -2.89. The first-order valence-corrected chi connectivity index (χ1v) is 8.26. The van der Waals surface area contributed by atoms with E-state index in [0.29, 0.717) is 23.1 Å². The quantitative estimate of drug-likeness (QED) is 0.254. The molecule has 2 N–H and O–H groups in total. The fourth-order valence-corrected chi connectivity index (χ4v) is 2.02. The van der Waals surface area contributed by atoms with Crippen molar-refractivity contribution in [1.29, 1.82) is 0 Å². The molecule has 0 aliphatic carbocycles. The van der Waals surface area contributed by atoms with E-state index in [1.165, 1.54) is 11.0 Å². The molecule has 0 atom stereocenters. The predicted octanol–water partition coefficient (Wildman–Crippen LogP) is 2.79. The number of amides is 1. The molecular weight excluding hydrogens is 584 g/mol. The summed E-state index contributed by atoms with van der Waals surface area (Å²) in [5.41, 5.74) is 1.91. The van der Waals surface area contributed by atoms with Crippen LogP contribution in [0.2, 0.25) is 5.02 Å². The van der Waals surface area contributed by atoms with Crippen LogP contribution < -0.4 is 5.32 Å². The first kappa shape index (κ1) is 27.1. The molecule has 30 heavy (non-hydrogen) atoms. The van der Waals surface area contributed by atoms with Crippen molar-refractivity contribution in [3.05, 3.63) is 68.2 Å². The van der Waals surface area contributed by atoms with Gasteiger partial charge in [-0.15, -0.1) is 11.0 Å². The van der Waals surface area contributed by atoms with Crippen molar-refractivity contribution in [3.8, 4) is 5.82 Å². The van der Waals surface area contributed by atoms with Crippen LogP contribution in [0, 0.1) is 28.0 Å². The van der Waals surface area contributed by atoms with Crippen molar-refractivity contribution in [2.75, 3.05) is 12.4 Å². The number of rotatable bonds is 6. The topological polar surface area (TPSA) is 117 Å². The smallest absolute Gasteiger partial charge is 0.193 e. The van der Waals surface area contributed by atoms with Gasteiger partial charge < -0.3 is 22.6 Å². The van der Waals surface area contributed by atoms with Crippen molar-refractivity contribution in [3.63, 3.8) is 0 Å². The summed E-state index contributed by atoms with van der Waals surface area (Å²) in [6.45, 7) is 7.30. The van der Waals surface area contributed by atoms with Crippen LogP contribution in [-0.2, 0) is 24.6 Å². The largest absolute Gasteiger partial charge is 0.499 e. The third-order valence-electron chi connectivity index (χ3n) is 3.20. The number of pyridine rings is 1. The summed E-state index contributed by atoms with van der Waals surface area (Å²) < 4.78 is 0. The van der Waals surface area contributed by atoms with Crippen molar-refractivity contribution in [2.24, 2.45) is 4.99 Å². The van der Waals surface area contributed by atoms with Gasteiger partial charge in [0.1, 0.15) is 0 Å². The number of aromatic nitrogens is 6. The third kappa shape index (κ3) is 7.85. The van der Waals surface area contributed by atoms with Crippen molar-refractivity contribution < 1.29 is 24.6 Å². The van der Waals surface area contributed by atoms with E-state index < -0.39 is 0 Å². The van der Waals surface area contributed by atoms with Crippen LogP contribution in [0.4, 0.5) is 11.5 Å². The number of H-pyrrole nitrogens is 1. The Kier molecular flexibility index (Phi) is 12.1. The minimum atomic E-state index is 0. The fourth-order valence-electron chi connectivity index (χ4n) is 1.78. The molecule has 3 aromatic rings. The number of carbonyl (C=O) groups is 1. The minimum Gasteiger partial charge on any atom is -0.499 e. The number of hydrogen-bond donors (Lipinski definition) is 2. The molecule has 1 amide bonds. The molecule has 12 heteroatoms. The number of nitrogens with zero attached hydrogens (tertiary/aromatic N) is 7. The van der Waals surface area contributed by atoms with Gasteiger partial charge in [-0.3, -0.25) is 23.5 Å². The van der Waals surface area contributed by atoms with E-state index in [1.807, 2.05) is 6.92 Å². The monoisotopic (exact) mass is 606 g/mol. The van der Waals surface area contributed by atoms with Gasteiger partial charge in [-0.2, -0.15) is 21.0 Å². The number of carbonyl (C=O) groups excluding carboxylic acids is 1. The van der Waals surface area contributed by atoms with Gasteiger partial charge >= 0.3 is 0 Å². The van der Waals surface area contributed by atoms with Crippen molar-refractivity contribution in [1.82, 2.24) is 35.1 Å². The molecule has 0 bridgehead atoms. The maximum absolute atomic E-state index is 10.2. The summed E-state index contributed by atoms with van der Waals surface area (Å²) in [6.07, 6.45) is 6.63. The second-order valence-corrected chi connectivity index (χ2v) is 5.67. The number of anilines is 1. The van der Waals surface area contributed by atoms with E-state index >= 15 is 0 Å². The fraction of sp³-hybridized carbons (Fsp3) is 0.111. The summed E-state index contributed by atoms with van der Waals surface area (Å²) in [5.74, 6) is 1.03. The van der Waals surface area contributed by atoms with Gasteiger partial charge in [-0.25, -0.2) is 4.98 Å². The van der Waals surface area contributed by atoms with Gasteiger partial charge in [-0.1, -0.05) is 11.6 Å². The average molecular weight is 605 g/mol. The Morgan fingerprint density at radius 3 is 2.57 bits per heavy atom. The number of halogens is 1. The summed E-state index contributed by atoms with van der Waals surface area (Å²) in [6, 6.07) is 3.52. The molecule has 0 fully saturated rings. The first-order valence-electron chi connectivity index (χ1n) is 7.88. The second kappa shape index (κ2) is 13.4. The summed E-state index contributed by atoms with van der Waals surface area (Å²) in [5, 5.41) is 17.9. The maximum Gasteiger partial charge on any atom is 0.193 e. The zero-order chi connectivity index (χ0) is 20.5. The maximum atomic E-state index is 10.2. The summed E-state index contributed by atoms with van der Waals surface area (Å²) in [4.78, 5) is 20.7. The Balaban J connectivity index is 0.000000526. The van der Waals surface area contributed by atoms with E-state index in [2.05, 4.69) is 42.7 Å². The zero-order valence-corrected chi connectivity index (χ0v) is 19.9. The van der Waals surface area contributed by atoms with Crippen LogP contribution in [0.5, 0.6) is 0 Å². The van der Waals surface area contributed by atoms with Gasteiger partial charge in [0.25, 0.3) is 0 Å². The van der Waals surface area contributed by atoms with E-state index in [-0.39, 0.29) is 32.9 Å². The molecule has 10 nitrogen and oxygen atoms in total. The molecule has 0 aliphatic rings. The molecule has 0 radical (unpaired) electrons. The van der Waals surface area contributed by atoms with Crippen LogP contribution in [0.1, 0.15) is 5.69 Å². The van der Waals surface area contributed by atoms with Gasteiger partial charge in [0.05, 0.1) is 29.3 Å². The van der Waals surface area contributed by atoms with Crippen LogP contribution in [0.25, 0.3) is 5.82 Å². The molecule has 3 aromatic heterocycles. The number of nitrogens with one attached hydrogen (secondary N) is 2. The SMILES string of the molecule is CNc1cnc(-n2nccn2)c(Cl)c1.[CH-]=C(C=Nc1cc(C)[nH]n1)N([CH2-])C=O.[CH3-].[Os]. The number of allylic oxidation sites excluding steroid dienone is 1. The molecule has 162 valence electrons. The Bertz CT molecular complexity index is 956. The Labute approximate surface area is 193 Å². The van der Waals surface area contributed by atoms with Crippen molar-refractivity contribution >= 4 is 35.7 Å². The molecule has 0 spiro atoms. The van der Waals surface area contributed by atoms with Gasteiger partial charge in [0.2, 0.25) is 0 Å². The van der Waals surface area contributed by atoms with Gasteiger partial charge in [-0.05, 0) is 13.0 Å². The minimum absolute atomic E-state index is 0. The summed E-state index contributed by atoms with van der Waals surface area (Å²) >= 11 is 6.00. The molecule has 3 heterocycles.